The molecule has 0 aliphatic carbocycles. The van der Waals surface area contributed by atoms with Crippen LogP contribution in [0.15, 0.2) is 60.7 Å². The maximum atomic E-state index is 13.2. The highest BCUT2D eigenvalue weighted by atomic mass is 16.4. The van der Waals surface area contributed by atoms with Gasteiger partial charge in [-0.25, -0.2) is 0 Å². The van der Waals surface area contributed by atoms with Crippen molar-refractivity contribution < 1.29 is 34.2 Å². The first-order valence-electron chi connectivity index (χ1n) is 12.8. The molecule has 0 radical (unpaired) electrons. The molecular formula is C28H36N4O7. The molecule has 39 heavy (non-hydrogen) atoms. The summed E-state index contributed by atoms with van der Waals surface area (Å²) in [5, 5.41) is 28.2. The molecule has 0 bridgehead atoms. The number of benzene rings is 2. The van der Waals surface area contributed by atoms with E-state index in [2.05, 4.69) is 21.3 Å². The number of carboxylic acid groups (broad SMARTS) is 1. The van der Waals surface area contributed by atoms with Crippen LogP contribution in [0.3, 0.4) is 0 Å². The number of carbonyl (C=O) groups excluding carboxylic acids is 4. The van der Waals surface area contributed by atoms with E-state index < -0.39 is 41.8 Å². The Balaban J connectivity index is 2.07. The van der Waals surface area contributed by atoms with Gasteiger partial charge in [-0.15, -0.1) is 0 Å². The number of amides is 4. The summed E-state index contributed by atoms with van der Waals surface area (Å²) in [4.78, 5) is 62.1. The number of carbonyl (C=O) groups is 5. The number of aliphatic hydroxyl groups is 1. The normalized spacial score (nSPS) is 12.9. The lowest BCUT2D eigenvalue weighted by atomic mass is 10.0. The van der Waals surface area contributed by atoms with Gasteiger partial charge < -0.3 is 31.5 Å². The predicted molar refractivity (Wildman–Crippen MR) is 143 cm³/mol. The largest absolute Gasteiger partial charge is 0.481 e. The average Bonchev–Trinajstić information content (AvgIpc) is 2.93. The van der Waals surface area contributed by atoms with Gasteiger partial charge in [0.1, 0.15) is 18.1 Å². The van der Waals surface area contributed by atoms with Crippen LogP contribution in [0, 0.1) is 0 Å². The van der Waals surface area contributed by atoms with Crippen LogP contribution in [0.25, 0.3) is 0 Å². The van der Waals surface area contributed by atoms with Crippen LogP contribution in [-0.4, -0.2) is 71.1 Å². The van der Waals surface area contributed by atoms with Crippen molar-refractivity contribution in [2.45, 2.75) is 57.2 Å². The summed E-state index contributed by atoms with van der Waals surface area (Å²) >= 11 is 0. The number of hydrogen-bond acceptors (Lipinski definition) is 6. The average molecular weight is 541 g/mol. The smallest absolute Gasteiger partial charge is 0.303 e. The molecule has 2 rings (SSSR count). The SMILES string of the molecule is C[C@@H](NC(=O)CCc1ccccc1)C(=O)N[C@@H](Cc1ccccc1)C(=O)N[C@@H](CCC(=O)O)C(=O)NCCO. The number of aliphatic carboxylic acids is 1. The van der Waals surface area contributed by atoms with E-state index in [0.717, 1.165) is 11.1 Å². The number of aliphatic hydroxyl groups excluding tert-OH is 1. The number of carboxylic acids is 1. The zero-order chi connectivity index (χ0) is 28.6. The van der Waals surface area contributed by atoms with Crippen molar-refractivity contribution in [1.29, 1.82) is 0 Å². The van der Waals surface area contributed by atoms with Gasteiger partial charge in [0.15, 0.2) is 0 Å². The standard InChI is InChI=1S/C28H36N4O7/c1-19(30-24(34)14-12-20-8-4-2-5-9-20)26(37)32-23(18-21-10-6-3-7-11-21)28(39)31-22(13-15-25(35)36)27(38)29-16-17-33/h2-11,19,22-23,33H,12-18H2,1H3,(H,29,38)(H,30,34)(H,31,39)(H,32,37)(H,35,36)/t19-,22+,23+/m1/s1. The molecular weight excluding hydrogens is 504 g/mol. The lowest BCUT2D eigenvalue weighted by molar-refractivity contribution is -0.138. The maximum absolute atomic E-state index is 13.2. The molecule has 0 saturated carbocycles. The summed E-state index contributed by atoms with van der Waals surface area (Å²) in [6.45, 7) is 1.11. The molecule has 0 saturated heterocycles. The number of rotatable bonds is 16. The lowest BCUT2D eigenvalue weighted by Gasteiger charge is -2.24. The quantitative estimate of drug-likeness (QED) is 0.178. The fourth-order valence-corrected chi connectivity index (χ4v) is 3.75. The van der Waals surface area contributed by atoms with Crippen LogP contribution in [0.2, 0.25) is 0 Å². The summed E-state index contributed by atoms with van der Waals surface area (Å²) < 4.78 is 0. The fraction of sp³-hybridized carbons (Fsp3) is 0.393. The molecule has 0 unspecified atom stereocenters. The highest BCUT2D eigenvalue weighted by Crippen LogP contribution is 2.07. The molecule has 0 aliphatic heterocycles. The second kappa shape index (κ2) is 16.6. The predicted octanol–water partition coefficient (Wildman–Crippen LogP) is 0.310. The van der Waals surface area contributed by atoms with Crippen molar-refractivity contribution >= 4 is 29.6 Å². The Labute approximate surface area is 227 Å². The molecule has 0 fully saturated rings. The second-order valence-corrected chi connectivity index (χ2v) is 9.03. The monoisotopic (exact) mass is 540 g/mol. The van der Waals surface area contributed by atoms with Gasteiger partial charge >= 0.3 is 5.97 Å². The Morgan fingerprint density at radius 3 is 1.92 bits per heavy atom. The highest BCUT2D eigenvalue weighted by molar-refractivity contribution is 5.94. The lowest BCUT2D eigenvalue weighted by Crippen LogP contribution is -2.57. The van der Waals surface area contributed by atoms with Crippen LogP contribution in [0.5, 0.6) is 0 Å². The van der Waals surface area contributed by atoms with Crippen molar-refractivity contribution in [1.82, 2.24) is 21.3 Å². The van der Waals surface area contributed by atoms with Crippen LogP contribution in [0.4, 0.5) is 0 Å². The molecule has 0 heterocycles. The van der Waals surface area contributed by atoms with Crippen LogP contribution >= 0.6 is 0 Å². The first-order chi connectivity index (χ1) is 18.7. The van der Waals surface area contributed by atoms with E-state index in [1.165, 1.54) is 6.92 Å². The number of hydrogen-bond donors (Lipinski definition) is 6. The van der Waals surface area contributed by atoms with Gasteiger partial charge in [-0.3, -0.25) is 24.0 Å². The zero-order valence-electron chi connectivity index (χ0n) is 21.9. The second-order valence-electron chi connectivity index (χ2n) is 9.03. The summed E-state index contributed by atoms with van der Waals surface area (Å²) in [6.07, 6.45) is 0.231. The Morgan fingerprint density at radius 1 is 0.744 bits per heavy atom. The molecule has 0 aliphatic rings. The molecule has 2 aromatic rings. The molecule has 4 amide bonds. The molecule has 6 N–H and O–H groups in total. The van der Waals surface area contributed by atoms with E-state index in [0.29, 0.717) is 6.42 Å². The Hall–Kier alpha value is -4.25. The number of aryl methyl sites for hydroxylation is 1. The van der Waals surface area contributed by atoms with Crippen molar-refractivity contribution in [3.8, 4) is 0 Å². The van der Waals surface area contributed by atoms with Gasteiger partial charge in [-0.05, 0) is 30.9 Å². The van der Waals surface area contributed by atoms with E-state index in [1.807, 2.05) is 30.3 Å². The van der Waals surface area contributed by atoms with E-state index in [9.17, 15) is 24.0 Å². The van der Waals surface area contributed by atoms with Crippen LogP contribution < -0.4 is 21.3 Å². The van der Waals surface area contributed by atoms with Crippen LogP contribution in [-0.2, 0) is 36.8 Å². The minimum atomic E-state index is -1.19. The molecule has 3 atom stereocenters. The molecule has 11 nitrogen and oxygen atoms in total. The molecule has 11 heteroatoms. The molecule has 210 valence electrons. The summed E-state index contributed by atoms with van der Waals surface area (Å²) in [5.41, 5.74) is 1.73. The minimum absolute atomic E-state index is 0.0655. The third-order valence-electron chi connectivity index (χ3n) is 5.86. The van der Waals surface area contributed by atoms with Gasteiger partial charge in [0.25, 0.3) is 0 Å². The fourth-order valence-electron chi connectivity index (χ4n) is 3.75. The molecule has 2 aromatic carbocycles. The van der Waals surface area contributed by atoms with Crippen LogP contribution in [0.1, 0.15) is 37.3 Å². The first-order valence-corrected chi connectivity index (χ1v) is 12.8. The van der Waals surface area contributed by atoms with Gasteiger partial charge in [0, 0.05) is 25.8 Å². The van der Waals surface area contributed by atoms with E-state index in [1.54, 1.807) is 30.3 Å². The van der Waals surface area contributed by atoms with Crippen molar-refractivity contribution in [3.05, 3.63) is 71.8 Å². The van der Waals surface area contributed by atoms with E-state index >= 15 is 0 Å². The zero-order valence-corrected chi connectivity index (χ0v) is 21.9. The molecule has 0 spiro atoms. The van der Waals surface area contributed by atoms with Gasteiger partial charge in [-0.2, -0.15) is 0 Å². The summed E-state index contributed by atoms with van der Waals surface area (Å²) in [5.74, 6) is -3.40. The highest BCUT2D eigenvalue weighted by Gasteiger charge is 2.29. The summed E-state index contributed by atoms with van der Waals surface area (Å²) in [6, 6.07) is 15.1. The first kappa shape index (κ1) is 31.0. The van der Waals surface area contributed by atoms with E-state index in [-0.39, 0.29) is 44.7 Å². The third kappa shape index (κ3) is 11.8. The van der Waals surface area contributed by atoms with Gasteiger partial charge in [-0.1, -0.05) is 60.7 Å². The topological polar surface area (TPSA) is 174 Å². The van der Waals surface area contributed by atoms with Crippen molar-refractivity contribution in [3.63, 3.8) is 0 Å². The Morgan fingerprint density at radius 2 is 1.33 bits per heavy atom. The van der Waals surface area contributed by atoms with Gasteiger partial charge in [0.2, 0.25) is 23.6 Å². The minimum Gasteiger partial charge on any atom is -0.481 e. The third-order valence-corrected chi connectivity index (χ3v) is 5.86. The summed E-state index contributed by atoms with van der Waals surface area (Å²) in [7, 11) is 0. The number of nitrogens with one attached hydrogen (secondary N) is 4. The Bertz CT molecular complexity index is 1100. The maximum Gasteiger partial charge on any atom is 0.303 e. The Kier molecular flexibility index (Phi) is 13.2. The van der Waals surface area contributed by atoms with Crippen molar-refractivity contribution in [2.24, 2.45) is 0 Å². The van der Waals surface area contributed by atoms with E-state index in [4.69, 9.17) is 10.2 Å². The van der Waals surface area contributed by atoms with Gasteiger partial charge in [0.05, 0.1) is 6.61 Å². The van der Waals surface area contributed by atoms with Crippen molar-refractivity contribution in [2.75, 3.05) is 13.2 Å². The molecule has 0 aromatic heterocycles.